The standard InChI is InChI=1S/C23H25FN2O4/c1-29-15-9-10-16(21(11-15)30-2)18-12-26(13-19(18)22(27)25-14-7-8-14)23(28)17-5-3-4-6-20(17)24/h3-6,9-11,14,18-19H,7-8,12-13H2,1-2H3,(H,25,27)/t18-,19+/m1/s1. The Morgan fingerprint density at radius 2 is 1.83 bits per heavy atom. The molecule has 0 unspecified atom stereocenters. The number of halogens is 1. The van der Waals surface area contributed by atoms with Crippen LogP contribution in [0.2, 0.25) is 0 Å². The molecule has 0 bridgehead atoms. The molecule has 4 rings (SSSR count). The smallest absolute Gasteiger partial charge is 0.256 e. The molecule has 1 heterocycles. The minimum atomic E-state index is -0.563. The largest absolute Gasteiger partial charge is 0.497 e. The van der Waals surface area contributed by atoms with Crippen molar-refractivity contribution in [1.29, 1.82) is 0 Å². The third-order valence-corrected chi connectivity index (χ3v) is 5.81. The predicted molar refractivity (Wildman–Crippen MR) is 109 cm³/mol. The number of nitrogens with one attached hydrogen (secondary N) is 1. The molecule has 2 aromatic carbocycles. The van der Waals surface area contributed by atoms with E-state index in [1.54, 1.807) is 37.3 Å². The van der Waals surface area contributed by atoms with Gasteiger partial charge in [-0.05, 0) is 31.0 Å². The monoisotopic (exact) mass is 412 g/mol. The SMILES string of the molecule is COc1ccc([C@H]2CN(C(=O)c3ccccc3F)C[C@@H]2C(=O)NC2CC2)c(OC)c1. The average molecular weight is 412 g/mol. The van der Waals surface area contributed by atoms with Gasteiger partial charge in [0.25, 0.3) is 5.91 Å². The fraction of sp³-hybridized carbons (Fsp3) is 0.391. The summed E-state index contributed by atoms with van der Waals surface area (Å²) in [7, 11) is 3.14. The number of rotatable bonds is 6. The zero-order chi connectivity index (χ0) is 21.3. The molecule has 0 aromatic heterocycles. The Labute approximate surface area is 175 Å². The second-order valence-electron chi connectivity index (χ2n) is 7.79. The second-order valence-corrected chi connectivity index (χ2v) is 7.79. The molecule has 158 valence electrons. The first-order chi connectivity index (χ1) is 14.5. The van der Waals surface area contributed by atoms with Crippen molar-refractivity contribution < 1.29 is 23.5 Å². The molecule has 1 saturated heterocycles. The maximum Gasteiger partial charge on any atom is 0.256 e. The molecule has 1 aliphatic heterocycles. The van der Waals surface area contributed by atoms with E-state index in [1.165, 1.54) is 12.1 Å². The summed E-state index contributed by atoms with van der Waals surface area (Å²) in [5.41, 5.74) is 0.847. The Bertz CT molecular complexity index is 960. The summed E-state index contributed by atoms with van der Waals surface area (Å²) in [6.45, 7) is 0.532. The third kappa shape index (κ3) is 3.97. The average Bonchev–Trinajstić information content (AvgIpc) is 3.47. The van der Waals surface area contributed by atoms with Crippen LogP contribution in [0, 0.1) is 11.7 Å². The molecule has 1 N–H and O–H groups in total. The van der Waals surface area contributed by atoms with E-state index in [0.29, 0.717) is 18.0 Å². The molecule has 7 heteroatoms. The van der Waals surface area contributed by atoms with Gasteiger partial charge >= 0.3 is 0 Å². The van der Waals surface area contributed by atoms with Crippen molar-refractivity contribution in [2.45, 2.75) is 24.8 Å². The lowest BCUT2D eigenvalue weighted by molar-refractivity contribution is -0.125. The van der Waals surface area contributed by atoms with Crippen LogP contribution in [0.5, 0.6) is 11.5 Å². The molecule has 0 radical (unpaired) electrons. The van der Waals surface area contributed by atoms with Gasteiger partial charge in [-0.2, -0.15) is 0 Å². The van der Waals surface area contributed by atoms with Gasteiger partial charge in [-0.1, -0.05) is 18.2 Å². The first kappa shape index (κ1) is 20.2. The lowest BCUT2D eigenvalue weighted by Gasteiger charge is -2.21. The van der Waals surface area contributed by atoms with Crippen LogP contribution < -0.4 is 14.8 Å². The van der Waals surface area contributed by atoms with Gasteiger partial charge in [-0.3, -0.25) is 9.59 Å². The van der Waals surface area contributed by atoms with E-state index in [0.717, 1.165) is 18.4 Å². The van der Waals surface area contributed by atoms with Crippen LogP contribution in [0.15, 0.2) is 42.5 Å². The Morgan fingerprint density at radius 1 is 1.07 bits per heavy atom. The molecule has 1 saturated carbocycles. The number of hydrogen-bond acceptors (Lipinski definition) is 4. The summed E-state index contributed by atoms with van der Waals surface area (Å²) in [6.07, 6.45) is 1.96. The highest BCUT2D eigenvalue weighted by Gasteiger charge is 2.43. The van der Waals surface area contributed by atoms with Crippen LogP contribution in [0.25, 0.3) is 0 Å². The van der Waals surface area contributed by atoms with Crippen LogP contribution in [-0.4, -0.2) is 50.1 Å². The Balaban J connectivity index is 1.65. The van der Waals surface area contributed by atoms with E-state index < -0.39 is 17.6 Å². The first-order valence-corrected chi connectivity index (χ1v) is 10.1. The van der Waals surface area contributed by atoms with Crippen LogP contribution >= 0.6 is 0 Å². The van der Waals surface area contributed by atoms with E-state index >= 15 is 0 Å². The maximum atomic E-state index is 14.2. The molecule has 0 spiro atoms. The van der Waals surface area contributed by atoms with E-state index in [4.69, 9.17) is 9.47 Å². The fourth-order valence-corrected chi connectivity index (χ4v) is 4.02. The number of benzene rings is 2. The molecule has 2 aromatic rings. The first-order valence-electron chi connectivity index (χ1n) is 10.1. The van der Waals surface area contributed by atoms with Gasteiger partial charge in [0.1, 0.15) is 17.3 Å². The van der Waals surface area contributed by atoms with Crippen molar-refractivity contribution >= 4 is 11.8 Å². The lowest BCUT2D eigenvalue weighted by atomic mass is 9.87. The topological polar surface area (TPSA) is 67.9 Å². The van der Waals surface area contributed by atoms with Crippen molar-refractivity contribution in [3.63, 3.8) is 0 Å². The number of carbonyl (C=O) groups is 2. The van der Waals surface area contributed by atoms with E-state index in [1.807, 2.05) is 12.1 Å². The minimum Gasteiger partial charge on any atom is -0.497 e. The van der Waals surface area contributed by atoms with Crippen LogP contribution in [0.4, 0.5) is 4.39 Å². The number of methoxy groups -OCH3 is 2. The van der Waals surface area contributed by atoms with Gasteiger partial charge < -0.3 is 19.7 Å². The van der Waals surface area contributed by atoms with Gasteiger partial charge in [0.05, 0.1) is 25.7 Å². The van der Waals surface area contributed by atoms with Gasteiger partial charge in [-0.15, -0.1) is 0 Å². The summed E-state index contributed by atoms with van der Waals surface area (Å²) in [5.74, 6) is -0.511. The lowest BCUT2D eigenvalue weighted by Crippen LogP contribution is -2.36. The van der Waals surface area contributed by atoms with Crippen LogP contribution in [-0.2, 0) is 4.79 Å². The Morgan fingerprint density at radius 3 is 2.50 bits per heavy atom. The number of amides is 2. The molecular formula is C23H25FN2O4. The van der Waals surface area contributed by atoms with Crippen molar-refractivity contribution in [3.05, 3.63) is 59.4 Å². The van der Waals surface area contributed by atoms with Gasteiger partial charge in [-0.25, -0.2) is 4.39 Å². The Kier molecular flexibility index (Phi) is 5.61. The normalized spacial score (nSPS) is 20.7. The molecular weight excluding hydrogens is 387 g/mol. The highest BCUT2D eigenvalue weighted by atomic mass is 19.1. The quantitative estimate of drug-likeness (QED) is 0.792. The molecule has 1 aliphatic carbocycles. The zero-order valence-electron chi connectivity index (χ0n) is 17.1. The summed E-state index contributed by atoms with van der Waals surface area (Å²) >= 11 is 0. The molecule has 2 amide bonds. The van der Waals surface area contributed by atoms with Crippen LogP contribution in [0.3, 0.4) is 0 Å². The van der Waals surface area contributed by atoms with Gasteiger partial charge in [0.15, 0.2) is 0 Å². The summed E-state index contributed by atoms with van der Waals surface area (Å²) in [5, 5.41) is 3.05. The predicted octanol–water partition coefficient (Wildman–Crippen LogP) is 2.98. The fourth-order valence-electron chi connectivity index (χ4n) is 4.02. The maximum absolute atomic E-state index is 14.2. The highest BCUT2D eigenvalue weighted by molar-refractivity contribution is 5.95. The van der Waals surface area contributed by atoms with Gasteiger partial charge in [0.2, 0.25) is 5.91 Å². The second kappa shape index (κ2) is 8.34. The van der Waals surface area contributed by atoms with Crippen LogP contribution in [0.1, 0.15) is 34.7 Å². The van der Waals surface area contributed by atoms with Crippen molar-refractivity contribution in [2.24, 2.45) is 5.92 Å². The number of hydrogen-bond donors (Lipinski definition) is 1. The molecule has 2 aliphatic rings. The number of nitrogens with zero attached hydrogens (tertiary/aromatic N) is 1. The summed E-state index contributed by atoms with van der Waals surface area (Å²) in [4.78, 5) is 27.5. The molecule has 2 fully saturated rings. The number of ether oxygens (including phenoxy) is 2. The minimum absolute atomic E-state index is 0.0150. The molecule has 6 nitrogen and oxygen atoms in total. The number of carbonyl (C=O) groups excluding carboxylic acids is 2. The van der Waals surface area contributed by atoms with E-state index in [2.05, 4.69) is 5.32 Å². The van der Waals surface area contributed by atoms with Crippen molar-refractivity contribution in [1.82, 2.24) is 10.2 Å². The molecule has 2 atom stereocenters. The highest BCUT2D eigenvalue weighted by Crippen LogP contribution is 2.40. The van der Waals surface area contributed by atoms with Gasteiger partial charge in [0, 0.05) is 36.7 Å². The van der Waals surface area contributed by atoms with Crippen molar-refractivity contribution in [3.8, 4) is 11.5 Å². The molecule has 30 heavy (non-hydrogen) atoms. The van der Waals surface area contributed by atoms with Crippen molar-refractivity contribution in [2.75, 3.05) is 27.3 Å². The summed E-state index contributed by atoms with van der Waals surface area (Å²) < 4.78 is 25.0. The number of likely N-dealkylation sites (tertiary alicyclic amines) is 1. The zero-order valence-corrected chi connectivity index (χ0v) is 17.1. The Hall–Kier alpha value is -3.09. The summed E-state index contributed by atoms with van der Waals surface area (Å²) in [6, 6.07) is 11.6. The third-order valence-electron chi connectivity index (χ3n) is 5.81. The van der Waals surface area contributed by atoms with E-state index in [-0.39, 0.29) is 30.0 Å². The van der Waals surface area contributed by atoms with E-state index in [9.17, 15) is 14.0 Å².